The highest BCUT2D eigenvalue weighted by Gasteiger charge is 2.38. The van der Waals surface area contributed by atoms with Crippen molar-refractivity contribution in [3.8, 4) is 0 Å². The Hall–Kier alpha value is -2.05. The first kappa shape index (κ1) is 18.3. The lowest BCUT2D eigenvalue weighted by atomic mass is 9.72. The summed E-state index contributed by atoms with van der Waals surface area (Å²) in [5.74, 6) is -1.12. The van der Waals surface area contributed by atoms with E-state index in [1.165, 1.54) is 17.0 Å². The Morgan fingerprint density at radius 1 is 1.25 bits per heavy atom. The quantitative estimate of drug-likeness (QED) is 0.886. The minimum atomic E-state index is -4.38. The Morgan fingerprint density at radius 3 is 2.25 bits per heavy atom. The number of carboxylic acid groups (broad SMARTS) is 1. The predicted molar refractivity (Wildman–Crippen MR) is 81.1 cm³/mol. The maximum Gasteiger partial charge on any atom is 0.416 e. The first-order valence-electron chi connectivity index (χ1n) is 7.75. The average molecular weight is 343 g/mol. The number of hydrogen-bond donors (Lipinski definition) is 1. The number of nitrogens with zero attached hydrogens (tertiary/aromatic N) is 1. The second-order valence-corrected chi connectivity index (χ2v) is 6.38. The van der Waals surface area contributed by atoms with Crippen LogP contribution in [0.5, 0.6) is 0 Å². The van der Waals surface area contributed by atoms with E-state index in [4.69, 9.17) is 5.11 Å². The van der Waals surface area contributed by atoms with E-state index in [9.17, 15) is 22.8 Å². The summed E-state index contributed by atoms with van der Waals surface area (Å²) in [5.41, 5.74) is -0.0943. The molecule has 24 heavy (non-hydrogen) atoms. The molecule has 0 heterocycles. The second-order valence-electron chi connectivity index (χ2n) is 6.38. The van der Waals surface area contributed by atoms with Crippen molar-refractivity contribution in [3.63, 3.8) is 0 Å². The van der Waals surface area contributed by atoms with Gasteiger partial charge in [0, 0.05) is 19.4 Å². The van der Waals surface area contributed by atoms with Crippen LogP contribution < -0.4 is 0 Å². The van der Waals surface area contributed by atoms with Crippen molar-refractivity contribution >= 4 is 11.9 Å². The molecule has 0 saturated heterocycles. The molecule has 1 amide bonds. The number of halogens is 3. The molecular formula is C17H20F3NO3. The molecule has 0 aliphatic heterocycles. The number of hydrogen-bond acceptors (Lipinski definition) is 2. The summed E-state index contributed by atoms with van der Waals surface area (Å²) in [6.45, 7) is 1.76. The van der Waals surface area contributed by atoms with Gasteiger partial charge in [-0.05, 0) is 43.4 Å². The molecule has 1 aromatic rings. The minimum Gasteiger partial charge on any atom is -0.481 e. The molecule has 0 aromatic heterocycles. The third kappa shape index (κ3) is 4.07. The van der Waals surface area contributed by atoms with Gasteiger partial charge in [0.05, 0.1) is 11.6 Å². The van der Waals surface area contributed by atoms with Crippen molar-refractivity contribution in [2.45, 2.75) is 38.4 Å². The molecular weight excluding hydrogens is 323 g/mol. The van der Waals surface area contributed by atoms with Gasteiger partial charge in [0.15, 0.2) is 0 Å². The van der Waals surface area contributed by atoms with E-state index in [1.54, 1.807) is 14.0 Å². The van der Waals surface area contributed by atoms with Crippen molar-refractivity contribution < 1.29 is 27.9 Å². The smallest absolute Gasteiger partial charge is 0.416 e. The fourth-order valence-corrected chi connectivity index (χ4v) is 3.00. The lowest BCUT2D eigenvalue weighted by molar-refractivity contribution is -0.145. The monoisotopic (exact) mass is 343 g/mol. The van der Waals surface area contributed by atoms with E-state index in [2.05, 4.69) is 0 Å². The summed E-state index contributed by atoms with van der Waals surface area (Å²) in [4.78, 5) is 24.5. The standard InChI is InChI=1S/C17H20F3NO3/c1-10(12-3-5-14(6-4-12)17(18,19)20)21(2)16(24)13-7-11(8-13)9-15(22)23/h3-6,10-11,13H,7-9H2,1-2H3,(H,22,23). The van der Waals surface area contributed by atoms with E-state index in [0.717, 1.165) is 12.1 Å². The summed E-state index contributed by atoms with van der Waals surface area (Å²) < 4.78 is 37.8. The van der Waals surface area contributed by atoms with E-state index < -0.39 is 17.7 Å². The Kier molecular flexibility index (Phi) is 5.20. The van der Waals surface area contributed by atoms with Crippen LogP contribution in [0.15, 0.2) is 24.3 Å². The molecule has 1 aromatic carbocycles. The summed E-state index contributed by atoms with van der Waals surface area (Å²) in [7, 11) is 1.62. The molecule has 1 unspecified atom stereocenters. The number of alkyl halides is 3. The van der Waals surface area contributed by atoms with E-state index in [0.29, 0.717) is 18.4 Å². The molecule has 7 heteroatoms. The van der Waals surface area contributed by atoms with Crippen LogP contribution >= 0.6 is 0 Å². The average Bonchev–Trinajstić information content (AvgIpc) is 2.47. The molecule has 1 fully saturated rings. The maximum atomic E-state index is 12.6. The third-order valence-electron chi connectivity index (χ3n) is 4.70. The predicted octanol–water partition coefficient (Wildman–Crippen LogP) is 3.73. The molecule has 0 bridgehead atoms. The SMILES string of the molecule is CC(c1ccc(C(F)(F)F)cc1)N(C)C(=O)C1CC(CC(=O)O)C1. The van der Waals surface area contributed by atoms with Crippen molar-refractivity contribution in [1.82, 2.24) is 4.90 Å². The first-order valence-corrected chi connectivity index (χ1v) is 7.75. The molecule has 1 N–H and O–H groups in total. The van der Waals surface area contributed by atoms with Gasteiger partial charge in [0.25, 0.3) is 0 Å². The molecule has 1 saturated carbocycles. The molecule has 132 valence electrons. The van der Waals surface area contributed by atoms with Crippen LogP contribution in [0.3, 0.4) is 0 Å². The molecule has 2 rings (SSSR count). The normalized spacial score (nSPS) is 21.7. The summed E-state index contributed by atoms with van der Waals surface area (Å²) in [6.07, 6.45) is -3.21. The van der Waals surface area contributed by atoms with Gasteiger partial charge < -0.3 is 10.0 Å². The van der Waals surface area contributed by atoms with Gasteiger partial charge in [0.1, 0.15) is 0 Å². The highest BCUT2D eigenvalue weighted by molar-refractivity contribution is 5.80. The Bertz CT molecular complexity index is 607. The molecule has 1 aliphatic carbocycles. The minimum absolute atomic E-state index is 0.0335. The fraction of sp³-hybridized carbons (Fsp3) is 0.529. The number of aliphatic carboxylic acids is 1. The van der Waals surface area contributed by atoms with Crippen molar-refractivity contribution in [2.24, 2.45) is 11.8 Å². The van der Waals surface area contributed by atoms with Crippen LogP contribution in [0.2, 0.25) is 0 Å². The first-order chi connectivity index (χ1) is 11.1. The van der Waals surface area contributed by atoms with E-state index >= 15 is 0 Å². The molecule has 0 radical (unpaired) electrons. The van der Waals surface area contributed by atoms with Crippen LogP contribution in [-0.2, 0) is 15.8 Å². The maximum absolute atomic E-state index is 12.6. The van der Waals surface area contributed by atoms with Gasteiger partial charge >= 0.3 is 12.1 Å². The summed E-state index contributed by atoms with van der Waals surface area (Å²) in [5, 5.41) is 8.72. The van der Waals surface area contributed by atoms with E-state index in [-0.39, 0.29) is 30.2 Å². The van der Waals surface area contributed by atoms with Crippen molar-refractivity contribution in [3.05, 3.63) is 35.4 Å². The number of carbonyl (C=O) groups is 2. The van der Waals surface area contributed by atoms with Gasteiger partial charge in [-0.3, -0.25) is 9.59 Å². The number of carbonyl (C=O) groups excluding carboxylic acids is 1. The Labute approximate surface area is 138 Å². The van der Waals surface area contributed by atoms with Crippen LogP contribution in [0, 0.1) is 11.8 Å². The van der Waals surface area contributed by atoms with Crippen LogP contribution in [-0.4, -0.2) is 28.9 Å². The van der Waals surface area contributed by atoms with Crippen LogP contribution in [0.1, 0.15) is 43.4 Å². The van der Waals surface area contributed by atoms with Crippen LogP contribution in [0.25, 0.3) is 0 Å². The van der Waals surface area contributed by atoms with E-state index in [1.807, 2.05) is 0 Å². The van der Waals surface area contributed by atoms with Gasteiger partial charge in [0.2, 0.25) is 5.91 Å². The second kappa shape index (κ2) is 6.83. The number of benzene rings is 1. The lowest BCUT2D eigenvalue weighted by Crippen LogP contribution is -2.41. The Balaban J connectivity index is 1.96. The topological polar surface area (TPSA) is 57.6 Å². The summed E-state index contributed by atoms with van der Waals surface area (Å²) >= 11 is 0. The Morgan fingerprint density at radius 2 is 1.79 bits per heavy atom. The number of rotatable bonds is 5. The van der Waals surface area contributed by atoms with Gasteiger partial charge in [-0.2, -0.15) is 13.2 Å². The van der Waals surface area contributed by atoms with Crippen molar-refractivity contribution in [1.29, 1.82) is 0 Å². The molecule has 1 atom stereocenters. The number of carboxylic acids is 1. The highest BCUT2D eigenvalue weighted by atomic mass is 19.4. The molecule has 4 nitrogen and oxygen atoms in total. The van der Waals surface area contributed by atoms with Crippen LogP contribution in [0.4, 0.5) is 13.2 Å². The summed E-state index contributed by atoms with van der Waals surface area (Å²) in [6, 6.07) is 4.43. The fourth-order valence-electron chi connectivity index (χ4n) is 3.00. The zero-order chi connectivity index (χ0) is 18.1. The lowest BCUT2D eigenvalue weighted by Gasteiger charge is -2.37. The zero-order valence-electron chi connectivity index (χ0n) is 13.5. The molecule has 1 aliphatic rings. The molecule has 0 spiro atoms. The van der Waals surface area contributed by atoms with Crippen molar-refractivity contribution in [2.75, 3.05) is 7.05 Å². The largest absolute Gasteiger partial charge is 0.481 e. The highest BCUT2D eigenvalue weighted by Crippen LogP contribution is 2.38. The van der Waals surface area contributed by atoms with Gasteiger partial charge in [-0.25, -0.2) is 0 Å². The third-order valence-corrected chi connectivity index (χ3v) is 4.70. The van der Waals surface area contributed by atoms with Gasteiger partial charge in [-0.15, -0.1) is 0 Å². The van der Waals surface area contributed by atoms with Gasteiger partial charge in [-0.1, -0.05) is 12.1 Å². The zero-order valence-corrected chi connectivity index (χ0v) is 13.5. The number of amides is 1.